The molecule has 3 rings (SSSR count). The third-order valence-corrected chi connectivity index (χ3v) is 5.18. The van der Waals surface area contributed by atoms with Gasteiger partial charge in [0, 0.05) is 17.5 Å². The van der Waals surface area contributed by atoms with Crippen molar-refractivity contribution in [2.45, 2.75) is 54.1 Å². The maximum absolute atomic E-state index is 12.9. The van der Waals surface area contributed by atoms with E-state index in [0.29, 0.717) is 29.6 Å². The van der Waals surface area contributed by atoms with Crippen molar-refractivity contribution in [1.29, 1.82) is 5.26 Å². The summed E-state index contributed by atoms with van der Waals surface area (Å²) in [5.41, 5.74) is 1.80. The Morgan fingerprint density at radius 3 is 2.59 bits per heavy atom. The first-order valence-electron chi connectivity index (χ1n) is 10.9. The van der Waals surface area contributed by atoms with Crippen LogP contribution in [0.2, 0.25) is 0 Å². The molecular formula is C26H29NO5. The van der Waals surface area contributed by atoms with E-state index in [1.54, 1.807) is 12.1 Å². The minimum atomic E-state index is -0.690. The summed E-state index contributed by atoms with van der Waals surface area (Å²) in [6.07, 6.45) is 1.16. The number of fused-ring (bicyclic) bond motifs is 2. The topological polar surface area (TPSA) is 85.6 Å². The predicted molar refractivity (Wildman–Crippen MR) is 120 cm³/mol. The molecule has 2 aromatic carbocycles. The number of nitrogens with zero attached hydrogens (tertiary/aromatic N) is 1. The largest absolute Gasteiger partial charge is 0.490 e. The number of hydrogen-bond donors (Lipinski definition) is 0. The molecule has 0 spiro atoms. The van der Waals surface area contributed by atoms with Gasteiger partial charge in [0.2, 0.25) is 0 Å². The van der Waals surface area contributed by atoms with Crippen molar-refractivity contribution in [3.63, 3.8) is 0 Å². The minimum absolute atomic E-state index is 0.0176. The summed E-state index contributed by atoms with van der Waals surface area (Å²) < 4.78 is 17.7. The quantitative estimate of drug-likeness (QED) is 0.393. The lowest BCUT2D eigenvalue weighted by Crippen LogP contribution is -2.16. The Balaban J connectivity index is 2.08. The highest BCUT2D eigenvalue weighted by Gasteiger charge is 2.29. The SMILES string of the molecule is Cc1cc2c(c(OCCC(C)C)c1)Oc1ccc(C(=O)CC(C)C)c(C#N)c1C(=O)OC2. The van der Waals surface area contributed by atoms with Crippen LogP contribution in [0.5, 0.6) is 17.2 Å². The molecule has 2 aromatic rings. The van der Waals surface area contributed by atoms with Gasteiger partial charge in [-0.05, 0) is 55.0 Å². The van der Waals surface area contributed by atoms with Crippen LogP contribution in [0, 0.1) is 30.1 Å². The number of esters is 1. The maximum Gasteiger partial charge on any atom is 0.343 e. The summed E-state index contributed by atoms with van der Waals surface area (Å²) in [6, 6.07) is 8.88. The molecule has 0 radical (unpaired) electrons. The number of Topliss-reactive ketones (excluding diaryl/α,β-unsaturated/α-hetero) is 1. The number of rotatable bonds is 7. The number of aryl methyl sites for hydroxylation is 1. The number of ether oxygens (including phenoxy) is 3. The van der Waals surface area contributed by atoms with E-state index in [4.69, 9.17) is 14.2 Å². The average Bonchev–Trinajstić information content (AvgIpc) is 2.71. The van der Waals surface area contributed by atoms with Crippen molar-refractivity contribution in [1.82, 2.24) is 0 Å². The number of benzene rings is 2. The fraction of sp³-hybridized carbons (Fsp3) is 0.423. The van der Waals surface area contributed by atoms with E-state index < -0.39 is 5.97 Å². The summed E-state index contributed by atoms with van der Waals surface area (Å²) in [7, 11) is 0. The summed E-state index contributed by atoms with van der Waals surface area (Å²) in [4.78, 5) is 25.5. The van der Waals surface area contributed by atoms with Gasteiger partial charge in [0.15, 0.2) is 17.3 Å². The monoisotopic (exact) mass is 435 g/mol. The van der Waals surface area contributed by atoms with Crippen molar-refractivity contribution < 1.29 is 23.8 Å². The molecule has 168 valence electrons. The van der Waals surface area contributed by atoms with Crippen LogP contribution in [0.4, 0.5) is 0 Å². The van der Waals surface area contributed by atoms with E-state index in [9.17, 15) is 14.9 Å². The fourth-order valence-corrected chi connectivity index (χ4v) is 3.57. The normalized spacial score (nSPS) is 12.8. The molecule has 1 aliphatic rings. The molecule has 0 saturated heterocycles. The van der Waals surface area contributed by atoms with Crippen molar-refractivity contribution in [3.8, 4) is 23.3 Å². The lowest BCUT2D eigenvalue weighted by Gasteiger charge is -2.22. The number of carbonyl (C=O) groups is 2. The Hall–Kier alpha value is -3.33. The molecule has 0 amide bonds. The van der Waals surface area contributed by atoms with Crippen molar-refractivity contribution in [3.05, 3.63) is 52.1 Å². The van der Waals surface area contributed by atoms with Crippen LogP contribution < -0.4 is 9.47 Å². The molecule has 0 bridgehead atoms. The maximum atomic E-state index is 12.9. The molecule has 0 atom stereocenters. The first kappa shape index (κ1) is 23.3. The molecule has 6 nitrogen and oxygen atoms in total. The van der Waals surface area contributed by atoms with Gasteiger partial charge in [-0.15, -0.1) is 0 Å². The zero-order chi connectivity index (χ0) is 23.4. The molecule has 0 aromatic heterocycles. The molecule has 0 unspecified atom stereocenters. The molecule has 0 saturated carbocycles. The Bertz CT molecular complexity index is 1080. The van der Waals surface area contributed by atoms with Crippen LogP contribution >= 0.6 is 0 Å². The zero-order valence-electron chi connectivity index (χ0n) is 19.3. The summed E-state index contributed by atoms with van der Waals surface area (Å²) >= 11 is 0. The molecule has 6 heteroatoms. The van der Waals surface area contributed by atoms with E-state index in [0.717, 1.165) is 12.0 Å². The average molecular weight is 436 g/mol. The lowest BCUT2D eigenvalue weighted by molar-refractivity contribution is 0.0458. The molecule has 0 N–H and O–H groups in total. The van der Waals surface area contributed by atoms with Crippen molar-refractivity contribution >= 4 is 11.8 Å². The number of carbonyl (C=O) groups excluding carboxylic acids is 2. The standard InChI is InChI=1S/C26H29NO5/c1-15(2)8-9-30-23-12-17(5)11-18-14-31-26(29)24-20(13-27)19(21(28)10-16(3)4)6-7-22(24)32-25(18)23/h6-7,11-12,15-16H,8-10,14H2,1-5H3. The van der Waals surface area contributed by atoms with E-state index >= 15 is 0 Å². The Morgan fingerprint density at radius 2 is 1.94 bits per heavy atom. The second-order valence-corrected chi connectivity index (χ2v) is 8.95. The van der Waals surface area contributed by atoms with Crippen LogP contribution in [0.15, 0.2) is 24.3 Å². The predicted octanol–water partition coefficient (Wildman–Crippen LogP) is 5.98. The highest BCUT2D eigenvalue weighted by atomic mass is 16.5. The Labute approximate surface area is 189 Å². The fourth-order valence-electron chi connectivity index (χ4n) is 3.57. The molecular weight excluding hydrogens is 406 g/mol. The number of ketones is 1. The summed E-state index contributed by atoms with van der Waals surface area (Å²) in [5, 5.41) is 9.80. The van der Waals surface area contributed by atoms with Crippen molar-refractivity contribution in [2.24, 2.45) is 11.8 Å². The molecule has 0 fully saturated rings. The Kier molecular flexibility index (Phi) is 7.19. The van der Waals surface area contributed by atoms with Gasteiger partial charge < -0.3 is 14.2 Å². The Morgan fingerprint density at radius 1 is 1.19 bits per heavy atom. The molecule has 1 heterocycles. The lowest BCUT2D eigenvalue weighted by atomic mass is 9.93. The smallest absolute Gasteiger partial charge is 0.343 e. The first-order valence-corrected chi connectivity index (χ1v) is 10.9. The molecule has 32 heavy (non-hydrogen) atoms. The second-order valence-electron chi connectivity index (χ2n) is 8.95. The van der Waals surface area contributed by atoms with Crippen LogP contribution in [0.1, 0.15) is 77.9 Å². The number of cyclic esters (lactones) is 1. The van der Waals surface area contributed by atoms with E-state index in [1.165, 1.54) is 0 Å². The van der Waals surface area contributed by atoms with Gasteiger partial charge in [-0.25, -0.2) is 4.79 Å². The van der Waals surface area contributed by atoms with Crippen LogP contribution in [-0.4, -0.2) is 18.4 Å². The van der Waals surface area contributed by atoms with Crippen LogP contribution in [0.3, 0.4) is 0 Å². The van der Waals surface area contributed by atoms with E-state index in [2.05, 4.69) is 13.8 Å². The van der Waals surface area contributed by atoms with Gasteiger partial charge in [0.1, 0.15) is 24.0 Å². The van der Waals surface area contributed by atoms with Gasteiger partial charge in [0.05, 0.1) is 12.2 Å². The van der Waals surface area contributed by atoms with Gasteiger partial charge in [-0.2, -0.15) is 5.26 Å². The number of nitriles is 1. The van der Waals surface area contributed by atoms with Crippen LogP contribution in [0.25, 0.3) is 0 Å². The summed E-state index contributed by atoms with van der Waals surface area (Å²) in [6.45, 7) is 10.5. The van der Waals surface area contributed by atoms with Gasteiger partial charge in [-0.3, -0.25) is 4.79 Å². The van der Waals surface area contributed by atoms with Gasteiger partial charge in [-0.1, -0.05) is 27.7 Å². The van der Waals surface area contributed by atoms with E-state index in [-0.39, 0.29) is 47.2 Å². The third kappa shape index (κ3) is 5.11. The third-order valence-electron chi connectivity index (χ3n) is 5.18. The van der Waals surface area contributed by atoms with E-state index in [1.807, 2.05) is 39.0 Å². The first-order chi connectivity index (χ1) is 15.2. The van der Waals surface area contributed by atoms with Gasteiger partial charge in [0.25, 0.3) is 0 Å². The van der Waals surface area contributed by atoms with Gasteiger partial charge >= 0.3 is 5.97 Å². The number of hydrogen-bond acceptors (Lipinski definition) is 6. The molecule has 0 aliphatic carbocycles. The minimum Gasteiger partial charge on any atom is -0.490 e. The zero-order valence-corrected chi connectivity index (χ0v) is 19.3. The highest BCUT2D eigenvalue weighted by molar-refractivity contribution is 6.04. The van der Waals surface area contributed by atoms with Crippen LogP contribution in [-0.2, 0) is 11.3 Å². The second kappa shape index (κ2) is 9.86. The van der Waals surface area contributed by atoms with Crippen molar-refractivity contribution in [2.75, 3.05) is 6.61 Å². The molecule has 1 aliphatic heterocycles. The highest BCUT2D eigenvalue weighted by Crippen LogP contribution is 2.41. The summed E-state index contributed by atoms with van der Waals surface area (Å²) in [5.74, 6) is 0.921.